The molecule has 1 N–H and O–H groups in total. The molecular formula is C13H25N. The molecule has 2 fully saturated rings. The summed E-state index contributed by atoms with van der Waals surface area (Å²) < 4.78 is 0. The largest absolute Gasteiger partial charge is 0.311 e. The number of nitrogens with one attached hydrogen (secondary N) is 1. The van der Waals surface area contributed by atoms with E-state index in [-0.39, 0.29) is 0 Å². The molecule has 2 atom stereocenters. The molecule has 0 bridgehead atoms. The van der Waals surface area contributed by atoms with Crippen LogP contribution in [0.15, 0.2) is 0 Å². The summed E-state index contributed by atoms with van der Waals surface area (Å²) in [5.41, 5.74) is 0. The van der Waals surface area contributed by atoms with Crippen molar-refractivity contribution in [3.63, 3.8) is 0 Å². The summed E-state index contributed by atoms with van der Waals surface area (Å²) in [4.78, 5) is 0. The third kappa shape index (κ3) is 2.31. The van der Waals surface area contributed by atoms with Crippen LogP contribution < -0.4 is 5.32 Å². The predicted octanol–water partition coefficient (Wildman–Crippen LogP) is 3.20. The van der Waals surface area contributed by atoms with Crippen LogP contribution in [0.3, 0.4) is 0 Å². The average molecular weight is 195 g/mol. The Morgan fingerprint density at radius 3 is 2.21 bits per heavy atom. The fourth-order valence-electron chi connectivity index (χ4n) is 3.03. The highest BCUT2D eigenvalue weighted by Crippen LogP contribution is 2.35. The fourth-order valence-corrected chi connectivity index (χ4v) is 3.03. The maximum absolute atomic E-state index is 3.83. The summed E-state index contributed by atoms with van der Waals surface area (Å²) in [7, 11) is 0. The van der Waals surface area contributed by atoms with Crippen molar-refractivity contribution >= 4 is 0 Å². The second-order valence-electron chi connectivity index (χ2n) is 5.95. The van der Waals surface area contributed by atoms with E-state index < -0.39 is 0 Å². The van der Waals surface area contributed by atoms with Gasteiger partial charge in [0.25, 0.3) is 0 Å². The van der Waals surface area contributed by atoms with E-state index in [1.54, 1.807) is 0 Å². The Labute approximate surface area is 88.7 Å². The normalized spacial score (nSPS) is 42.9. The zero-order valence-electron chi connectivity index (χ0n) is 9.92. The van der Waals surface area contributed by atoms with Gasteiger partial charge in [-0.1, -0.05) is 20.8 Å². The minimum absolute atomic E-state index is 0.850. The summed E-state index contributed by atoms with van der Waals surface area (Å²) in [5.74, 6) is 2.87. The average Bonchev–Trinajstić information content (AvgIpc) is 2.42. The van der Waals surface area contributed by atoms with Crippen LogP contribution in [-0.4, -0.2) is 12.1 Å². The molecule has 0 radical (unpaired) electrons. The quantitative estimate of drug-likeness (QED) is 0.729. The third-order valence-corrected chi connectivity index (χ3v) is 4.28. The Bertz CT molecular complexity index is 182. The lowest BCUT2D eigenvalue weighted by molar-refractivity contribution is 0.157. The summed E-state index contributed by atoms with van der Waals surface area (Å²) >= 11 is 0. The molecule has 0 heterocycles. The lowest BCUT2D eigenvalue weighted by Gasteiger charge is -2.40. The third-order valence-electron chi connectivity index (χ3n) is 4.28. The molecule has 0 aliphatic heterocycles. The molecule has 0 aromatic carbocycles. The van der Waals surface area contributed by atoms with Gasteiger partial charge in [0.15, 0.2) is 0 Å². The molecule has 2 unspecified atom stereocenters. The monoisotopic (exact) mass is 195 g/mol. The van der Waals surface area contributed by atoms with E-state index in [1.165, 1.54) is 32.1 Å². The van der Waals surface area contributed by atoms with Crippen molar-refractivity contribution in [3.05, 3.63) is 0 Å². The fraction of sp³-hybridized carbons (Fsp3) is 1.00. The van der Waals surface area contributed by atoms with Gasteiger partial charge in [0, 0.05) is 12.1 Å². The van der Waals surface area contributed by atoms with E-state index >= 15 is 0 Å². The predicted molar refractivity (Wildman–Crippen MR) is 61.3 cm³/mol. The van der Waals surface area contributed by atoms with Crippen molar-refractivity contribution in [1.29, 1.82) is 0 Å². The Hall–Kier alpha value is -0.0400. The SMILES string of the molecule is CC1CCC(NC2CC(C(C)C)C2)C1. The highest BCUT2D eigenvalue weighted by molar-refractivity contribution is 4.90. The molecule has 1 nitrogen and oxygen atoms in total. The van der Waals surface area contributed by atoms with Crippen molar-refractivity contribution < 1.29 is 0 Å². The Morgan fingerprint density at radius 1 is 1.00 bits per heavy atom. The molecule has 0 spiro atoms. The standard InChI is InChI=1S/C13H25N/c1-9(2)11-7-13(8-11)14-12-5-4-10(3)6-12/h9-14H,4-8H2,1-3H3. The van der Waals surface area contributed by atoms with E-state index in [9.17, 15) is 0 Å². The molecule has 2 aliphatic rings. The van der Waals surface area contributed by atoms with Crippen molar-refractivity contribution in [2.24, 2.45) is 17.8 Å². The van der Waals surface area contributed by atoms with Gasteiger partial charge in [-0.2, -0.15) is 0 Å². The molecule has 1 heteroatoms. The van der Waals surface area contributed by atoms with E-state index in [2.05, 4.69) is 26.1 Å². The molecular weight excluding hydrogens is 170 g/mol. The van der Waals surface area contributed by atoms with E-state index in [0.29, 0.717) is 0 Å². The minimum atomic E-state index is 0.850. The highest BCUT2D eigenvalue weighted by atomic mass is 15.0. The van der Waals surface area contributed by atoms with Gasteiger partial charge in [-0.25, -0.2) is 0 Å². The maximum atomic E-state index is 3.83. The van der Waals surface area contributed by atoms with E-state index in [1.807, 2.05) is 0 Å². The summed E-state index contributed by atoms with van der Waals surface area (Å²) in [5, 5.41) is 3.83. The van der Waals surface area contributed by atoms with Crippen LogP contribution in [0, 0.1) is 17.8 Å². The molecule has 0 amide bonds. The molecule has 14 heavy (non-hydrogen) atoms. The lowest BCUT2D eigenvalue weighted by atomic mass is 9.73. The van der Waals surface area contributed by atoms with Crippen LogP contribution in [0.1, 0.15) is 52.9 Å². The van der Waals surface area contributed by atoms with E-state index in [0.717, 1.165) is 29.8 Å². The van der Waals surface area contributed by atoms with Gasteiger partial charge < -0.3 is 5.32 Å². The van der Waals surface area contributed by atoms with Crippen LogP contribution in [0.2, 0.25) is 0 Å². The molecule has 0 saturated heterocycles. The molecule has 2 aliphatic carbocycles. The minimum Gasteiger partial charge on any atom is -0.311 e. The number of rotatable bonds is 3. The zero-order chi connectivity index (χ0) is 10.1. The second kappa shape index (κ2) is 4.22. The van der Waals surface area contributed by atoms with Crippen LogP contribution in [0.4, 0.5) is 0 Å². The van der Waals surface area contributed by atoms with Crippen LogP contribution in [-0.2, 0) is 0 Å². The molecule has 0 aromatic heterocycles. The van der Waals surface area contributed by atoms with Gasteiger partial charge in [0.1, 0.15) is 0 Å². The second-order valence-corrected chi connectivity index (χ2v) is 5.95. The smallest absolute Gasteiger partial charge is 0.00751 e. The van der Waals surface area contributed by atoms with E-state index in [4.69, 9.17) is 0 Å². The van der Waals surface area contributed by atoms with Gasteiger partial charge in [0.05, 0.1) is 0 Å². The molecule has 82 valence electrons. The molecule has 0 aromatic rings. The van der Waals surface area contributed by atoms with Crippen LogP contribution in [0.25, 0.3) is 0 Å². The Kier molecular flexibility index (Phi) is 3.16. The molecule has 2 saturated carbocycles. The van der Waals surface area contributed by atoms with Crippen molar-refractivity contribution in [3.8, 4) is 0 Å². The van der Waals surface area contributed by atoms with Gasteiger partial charge in [-0.3, -0.25) is 0 Å². The topological polar surface area (TPSA) is 12.0 Å². The first-order chi connectivity index (χ1) is 6.65. The van der Waals surface area contributed by atoms with Crippen molar-refractivity contribution in [1.82, 2.24) is 5.32 Å². The Balaban J connectivity index is 1.64. The first-order valence-corrected chi connectivity index (χ1v) is 6.41. The van der Waals surface area contributed by atoms with Crippen molar-refractivity contribution in [2.45, 2.75) is 65.0 Å². The number of hydrogen-bond donors (Lipinski definition) is 1. The number of hydrogen-bond acceptors (Lipinski definition) is 1. The maximum Gasteiger partial charge on any atom is 0.00751 e. The summed E-state index contributed by atoms with van der Waals surface area (Å²) in [6.45, 7) is 7.11. The Morgan fingerprint density at radius 2 is 1.71 bits per heavy atom. The van der Waals surface area contributed by atoms with Gasteiger partial charge in [0.2, 0.25) is 0 Å². The zero-order valence-corrected chi connectivity index (χ0v) is 9.92. The first-order valence-electron chi connectivity index (χ1n) is 6.41. The van der Waals surface area contributed by atoms with Crippen molar-refractivity contribution in [2.75, 3.05) is 0 Å². The lowest BCUT2D eigenvalue weighted by Crippen LogP contribution is -2.46. The van der Waals surface area contributed by atoms with Crippen LogP contribution >= 0.6 is 0 Å². The first kappa shape index (κ1) is 10.5. The molecule has 2 rings (SSSR count). The van der Waals surface area contributed by atoms with Gasteiger partial charge in [-0.05, 0) is 49.9 Å². The van der Waals surface area contributed by atoms with Gasteiger partial charge >= 0.3 is 0 Å². The van der Waals surface area contributed by atoms with Gasteiger partial charge in [-0.15, -0.1) is 0 Å². The highest BCUT2D eigenvalue weighted by Gasteiger charge is 2.33. The summed E-state index contributed by atoms with van der Waals surface area (Å²) in [6.07, 6.45) is 7.15. The van der Waals surface area contributed by atoms with Crippen LogP contribution in [0.5, 0.6) is 0 Å². The summed E-state index contributed by atoms with van der Waals surface area (Å²) in [6, 6.07) is 1.71.